The quantitative estimate of drug-likeness (QED) is 0.0746. The molecule has 3 fully saturated rings. The molecule has 410 valence electrons. The third-order valence-corrected chi connectivity index (χ3v) is 18.1. The van der Waals surface area contributed by atoms with Gasteiger partial charge in [0, 0.05) is 71.4 Å². The fraction of sp³-hybridized carbons (Fsp3) is 0.621. The van der Waals surface area contributed by atoms with E-state index in [1.807, 2.05) is 62.8 Å². The van der Waals surface area contributed by atoms with Crippen LogP contribution in [-0.2, 0) is 37.8 Å². The number of rotatable bonds is 15. The molecule has 0 bridgehead atoms. The van der Waals surface area contributed by atoms with Gasteiger partial charge < -0.3 is 33.0 Å². The maximum absolute atomic E-state index is 17.4. The maximum Gasteiger partial charge on any atom is 0.410 e. The van der Waals surface area contributed by atoms with Gasteiger partial charge in [-0.15, -0.1) is 0 Å². The summed E-state index contributed by atoms with van der Waals surface area (Å²) in [6.45, 7) is 34.0. The van der Waals surface area contributed by atoms with Crippen LogP contribution in [0.4, 0.5) is 24.1 Å². The van der Waals surface area contributed by atoms with E-state index in [2.05, 4.69) is 89.2 Å². The molecule has 0 radical (unpaired) electrons. The third kappa shape index (κ3) is 13.1. The summed E-state index contributed by atoms with van der Waals surface area (Å²) in [5.41, 5.74) is 3.82. The molecule has 2 amide bonds. The minimum atomic E-state index is -1.41. The van der Waals surface area contributed by atoms with E-state index in [0.717, 1.165) is 36.2 Å². The molecule has 0 N–H and O–H groups in total. The zero-order valence-electron chi connectivity index (χ0n) is 47.7. The van der Waals surface area contributed by atoms with Crippen LogP contribution in [-0.4, -0.2) is 94.7 Å². The highest BCUT2D eigenvalue weighted by molar-refractivity contribution is 6.76. The molecular formula is C58H85F2N7O6Si2. The lowest BCUT2D eigenvalue weighted by molar-refractivity contribution is 0.0196. The van der Waals surface area contributed by atoms with Crippen LogP contribution >= 0.6 is 0 Å². The average molecular weight is 1070 g/mol. The first-order valence-corrected chi connectivity index (χ1v) is 34.8. The summed E-state index contributed by atoms with van der Waals surface area (Å²) >= 11 is 0. The molecule has 2 aromatic heterocycles. The Morgan fingerprint density at radius 3 is 1.35 bits per heavy atom. The number of carbonyl (C=O) groups excluding carboxylic acids is 2. The summed E-state index contributed by atoms with van der Waals surface area (Å²) in [6, 6.07) is 15.4. The Labute approximate surface area is 446 Å². The van der Waals surface area contributed by atoms with Gasteiger partial charge in [-0.05, 0) is 127 Å². The molecule has 17 heteroatoms. The molecule has 5 aromatic rings. The average Bonchev–Trinajstić information content (AvgIpc) is 4.14. The van der Waals surface area contributed by atoms with Gasteiger partial charge in [-0.3, -0.25) is 9.80 Å². The van der Waals surface area contributed by atoms with Gasteiger partial charge >= 0.3 is 12.2 Å². The number of imidazole rings is 2. The van der Waals surface area contributed by atoms with Gasteiger partial charge in [-0.2, -0.15) is 0 Å². The molecule has 0 saturated carbocycles. The van der Waals surface area contributed by atoms with Gasteiger partial charge in [-0.25, -0.2) is 28.3 Å². The number of benzene rings is 3. The van der Waals surface area contributed by atoms with Gasteiger partial charge in [0.1, 0.15) is 47.9 Å². The Hall–Kier alpha value is -4.85. The van der Waals surface area contributed by atoms with E-state index in [1.54, 1.807) is 21.9 Å². The molecule has 3 saturated heterocycles. The second kappa shape index (κ2) is 21.5. The number of fused-ring (bicyclic) bond motifs is 2. The van der Waals surface area contributed by atoms with E-state index in [4.69, 9.17) is 28.9 Å². The lowest BCUT2D eigenvalue weighted by Gasteiger charge is -2.34. The highest BCUT2D eigenvalue weighted by atomic mass is 28.3. The van der Waals surface area contributed by atoms with Crippen LogP contribution < -0.4 is 4.90 Å². The predicted molar refractivity (Wildman–Crippen MR) is 300 cm³/mol. The van der Waals surface area contributed by atoms with Crippen LogP contribution in [0.5, 0.6) is 0 Å². The van der Waals surface area contributed by atoms with Crippen LogP contribution in [0.2, 0.25) is 51.4 Å². The van der Waals surface area contributed by atoms with E-state index in [0.29, 0.717) is 96.8 Å². The summed E-state index contributed by atoms with van der Waals surface area (Å²) in [5.74, 6) is 0.488. The number of hydrogen-bond donors (Lipinski definition) is 0. The van der Waals surface area contributed by atoms with Crippen molar-refractivity contribution in [2.75, 3.05) is 31.2 Å². The summed E-state index contributed by atoms with van der Waals surface area (Å²) in [5, 5.41) is 0. The van der Waals surface area contributed by atoms with Crippen LogP contribution in [0.15, 0.2) is 48.5 Å². The van der Waals surface area contributed by atoms with Crippen molar-refractivity contribution in [3.8, 4) is 0 Å². The molecule has 3 aliphatic heterocycles. The topological polar surface area (TPSA) is 116 Å². The Bertz CT molecular complexity index is 2690. The van der Waals surface area contributed by atoms with Gasteiger partial charge in [0.05, 0.1) is 46.2 Å². The van der Waals surface area contributed by atoms with E-state index in [-0.39, 0.29) is 31.0 Å². The van der Waals surface area contributed by atoms with Crippen molar-refractivity contribution in [3.05, 3.63) is 88.5 Å². The smallest absolute Gasteiger partial charge is 0.410 e. The minimum Gasteiger partial charge on any atom is -0.444 e. The Kier molecular flexibility index (Phi) is 16.2. The predicted octanol–water partition coefficient (Wildman–Crippen LogP) is 14.8. The second-order valence-corrected chi connectivity index (χ2v) is 37.9. The lowest BCUT2D eigenvalue weighted by Crippen LogP contribution is -2.37. The van der Waals surface area contributed by atoms with E-state index >= 15 is 8.78 Å². The zero-order valence-corrected chi connectivity index (χ0v) is 49.7. The van der Waals surface area contributed by atoms with Crippen molar-refractivity contribution in [1.29, 1.82) is 0 Å². The second-order valence-electron chi connectivity index (χ2n) is 26.7. The molecule has 3 aliphatic rings. The molecule has 0 aliphatic carbocycles. The fourth-order valence-corrected chi connectivity index (χ4v) is 12.3. The molecule has 3 aromatic carbocycles. The number of halogens is 2. The molecule has 5 heterocycles. The molecule has 75 heavy (non-hydrogen) atoms. The fourth-order valence-electron chi connectivity index (χ4n) is 10.8. The number of anilines is 1. The Morgan fingerprint density at radius 1 is 0.587 bits per heavy atom. The summed E-state index contributed by atoms with van der Waals surface area (Å²) in [6.07, 6.45) is 3.17. The van der Waals surface area contributed by atoms with Gasteiger partial charge in [-0.1, -0.05) is 72.2 Å². The summed E-state index contributed by atoms with van der Waals surface area (Å²) in [7, 11) is -2.83. The summed E-state index contributed by atoms with van der Waals surface area (Å²) in [4.78, 5) is 43.5. The largest absolute Gasteiger partial charge is 0.444 e. The number of likely N-dealkylation sites (tertiary alicyclic amines) is 2. The molecule has 13 nitrogen and oxygen atoms in total. The SMILES string of the molecule is CC(C)(C)OC(=O)N1CCC[C@H]1c1nc2cc(C3CC[C@H](c4cc5nc([C@@H]6CCCN6C(=O)OC(C)(C)C)n(COCC[Si](C)(C)C)c5cc4F)N3c3ccc(C(C)(C)C)cc3)c(F)cc2n1COCC[Si](C)(C)C. The first-order chi connectivity index (χ1) is 35.0. The standard InChI is InChI=1S/C58H85F2N7O6Si2/c1-56(2,3)38-20-22-39(23-21-38)67-46(40-32-44-50(34-42(40)59)65(36-70-28-30-74(10,11)12)52(61-44)48-18-16-26-63(48)54(68)72-57(4,5)6)24-25-47(67)41-33-45-51(35-43(41)60)66(37-71-29-31-75(13,14)15)53(62-45)49-19-17-27-64(49)55(69)73-58(7,8)9/h20-23,32-35,46-49H,16-19,24-31,36-37H2,1-15H3/t46-,47?,48+,49+/m1/s1. The van der Waals surface area contributed by atoms with Crippen molar-refractivity contribution in [1.82, 2.24) is 28.9 Å². The van der Waals surface area contributed by atoms with Crippen LogP contribution in [0.25, 0.3) is 22.1 Å². The summed E-state index contributed by atoms with van der Waals surface area (Å²) < 4.78 is 63.2. The first-order valence-electron chi connectivity index (χ1n) is 27.4. The highest BCUT2D eigenvalue weighted by Gasteiger charge is 2.42. The zero-order chi connectivity index (χ0) is 54.6. The van der Waals surface area contributed by atoms with Crippen molar-refractivity contribution in [3.63, 3.8) is 0 Å². The number of aromatic nitrogens is 4. The molecule has 8 rings (SSSR count). The van der Waals surface area contributed by atoms with Gasteiger partial charge in [0.15, 0.2) is 0 Å². The normalized spacial score (nSPS) is 20.1. The third-order valence-electron chi connectivity index (χ3n) is 14.7. The molecule has 4 atom stereocenters. The lowest BCUT2D eigenvalue weighted by atomic mass is 9.87. The van der Waals surface area contributed by atoms with Gasteiger partial charge in [0.25, 0.3) is 0 Å². The van der Waals surface area contributed by atoms with E-state index in [1.165, 1.54) is 0 Å². The number of carbonyl (C=O) groups is 2. The van der Waals surface area contributed by atoms with Crippen molar-refractivity contribution >= 4 is 56.1 Å². The molecule has 1 unspecified atom stereocenters. The maximum atomic E-state index is 17.4. The highest BCUT2D eigenvalue weighted by Crippen LogP contribution is 2.50. The van der Waals surface area contributed by atoms with Crippen LogP contribution in [0, 0.1) is 11.6 Å². The first kappa shape index (κ1) is 56.4. The number of amides is 2. The van der Waals surface area contributed by atoms with Crippen LogP contribution in [0.1, 0.15) is 153 Å². The van der Waals surface area contributed by atoms with Crippen molar-refractivity contribution < 1.29 is 37.3 Å². The molecule has 0 spiro atoms. The van der Waals surface area contributed by atoms with Crippen LogP contribution in [0.3, 0.4) is 0 Å². The molecular weight excluding hydrogens is 985 g/mol. The van der Waals surface area contributed by atoms with Crippen molar-refractivity contribution in [2.24, 2.45) is 0 Å². The number of hydrogen-bond acceptors (Lipinski definition) is 9. The Balaban J connectivity index is 1.21. The Morgan fingerprint density at radius 2 is 0.987 bits per heavy atom. The van der Waals surface area contributed by atoms with E-state index < -0.39 is 63.3 Å². The van der Waals surface area contributed by atoms with Gasteiger partial charge in [0.2, 0.25) is 0 Å². The minimum absolute atomic E-state index is 0.114. The van der Waals surface area contributed by atoms with Crippen molar-refractivity contribution in [2.45, 2.75) is 206 Å². The monoisotopic (exact) mass is 1070 g/mol. The van der Waals surface area contributed by atoms with E-state index in [9.17, 15) is 9.59 Å². The number of nitrogens with zero attached hydrogens (tertiary/aromatic N) is 7. The number of ether oxygens (including phenoxy) is 4.